The van der Waals surface area contributed by atoms with E-state index in [9.17, 15) is 4.79 Å². The van der Waals surface area contributed by atoms with Crippen LogP contribution < -0.4 is 5.32 Å². The highest BCUT2D eigenvalue weighted by Gasteiger charge is 2.03. The molecule has 0 fully saturated rings. The quantitative estimate of drug-likeness (QED) is 0.792. The van der Waals surface area contributed by atoms with E-state index in [1.54, 1.807) is 11.8 Å². The van der Waals surface area contributed by atoms with Crippen molar-refractivity contribution in [3.63, 3.8) is 0 Å². The van der Waals surface area contributed by atoms with Crippen molar-refractivity contribution in [2.45, 2.75) is 17.7 Å². The van der Waals surface area contributed by atoms with E-state index in [0.717, 1.165) is 16.1 Å². The standard InChI is InChI=1S/C17H15ClN2OS/c18-14-3-7-16(8-4-14)22-12-10-17(21)20-15-5-1-13(2-6-15)9-11-19/h1-8H,9-10,12H2,(H,20,21). The molecular formula is C17H15ClN2OS. The monoisotopic (exact) mass is 330 g/mol. The molecule has 0 saturated heterocycles. The fourth-order valence-corrected chi connectivity index (χ4v) is 2.79. The number of benzene rings is 2. The molecule has 1 N–H and O–H groups in total. The van der Waals surface area contributed by atoms with E-state index in [0.29, 0.717) is 23.6 Å². The first-order valence-electron chi connectivity index (χ1n) is 6.81. The Morgan fingerprint density at radius 3 is 2.45 bits per heavy atom. The highest BCUT2D eigenvalue weighted by atomic mass is 35.5. The Balaban J connectivity index is 1.75. The summed E-state index contributed by atoms with van der Waals surface area (Å²) >= 11 is 7.45. The fourth-order valence-electron chi connectivity index (χ4n) is 1.81. The molecule has 1 amide bonds. The first-order valence-corrected chi connectivity index (χ1v) is 8.18. The molecule has 22 heavy (non-hydrogen) atoms. The molecule has 0 radical (unpaired) electrons. The van der Waals surface area contributed by atoms with Crippen LogP contribution in [0.15, 0.2) is 53.4 Å². The molecule has 112 valence electrons. The van der Waals surface area contributed by atoms with Crippen molar-refractivity contribution in [3.05, 3.63) is 59.1 Å². The summed E-state index contributed by atoms with van der Waals surface area (Å²) in [5.74, 6) is 0.689. The van der Waals surface area contributed by atoms with Gasteiger partial charge in [0.2, 0.25) is 5.91 Å². The Morgan fingerprint density at radius 2 is 1.82 bits per heavy atom. The number of thioether (sulfide) groups is 1. The zero-order valence-electron chi connectivity index (χ0n) is 11.9. The number of nitriles is 1. The molecule has 0 aliphatic rings. The van der Waals surface area contributed by atoms with Gasteiger partial charge in [0.25, 0.3) is 0 Å². The Bertz CT molecular complexity index is 663. The predicted molar refractivity (Wildman–Crippen MR) is 91.2 cm³/mol. The first-order chi connectivity index (χ1) is 10.7. The number of carbonyl (C=O) groups is 1. The summed E-state index contributed by atoms with van der Waals surface area (Å²) in [5, 5.41) is 12.2. The third kappa shape index (κ3) is 5.44. The van der Waals surface area contributed by atoms with Gasteiger partial charge >= 0.3 is 0 Å². The van der Waals surface area contributed by atoms with Gasteiger partial charge in [-0.05, 0) is 42.0 Å². The van der Waals surface area contributed by atoms with Crippen LogP contribution in [0.5, 0.6) is 0 Å². The van der Waals surface area contributed by atoms with E-state index in [4.69, 9.17) is 16.9 Å². The second kappa shape index (κ2) is 8.47. The van der Waals surface area contributed by atoms with E-state index in [1.165, 1.54) is 0 Å². The molecule has 0 aliphatic heterocycles. The zero-order chi connectivity index (χ0) is 15.8. The Labute approximate surface area is 139 Å². The van der Waals surface area contributed by atoms with E-state index in [2.05, 4.69) is 11.4 Å². The number of rotatable bonds is 6. The molecule has 0 unspecified atom stereocenters. The number of amides is 1. The van der Waals surface area contributed by atoms with Crippen LogP contribution in [0.3, 0.4) is 0 Å². The number of hydrogen-bond acceptors (Lipinski definition) is 3. The predicted octanol–water partition coefficient (Wildman–Crippen LogP) is 4.53. The summed E-state index contributed by atoms with van der Waals surface area (Å²) in [5.41, 5.74) is 1.70. The van der Waals surface area contributed by atoms with Crippen molar-refractivity contribution >= 4 is 35.0 Å². The largest absolute Gasteiger partial charge is 0.326 e. The molecule has 0 bridgehead atoms. The number of nitrogens with one attached hydrogen (secondary N) is 1. The van der Waals surface area contributed by atoms with Crippen LogP contribution in [0.1, 0.15) is 12.0 Å². The highest BCUT2D eigenvalue weighted by molar-refractivity contribution is 7.99. The van der Waals surface area contributed by atoms with Crippen molar-refractivity contribution < 1.29 is 4.79 Å². The fraction of sp³-hybridized carbons (Fsp3) is 0.176. The van der Waals surface area contributed by atoms with E-state index < -0.39 is 0 Å². The molecule has 0 heterocycles. The average molecular weight is 331 g/mol. The van der Waals surface area contributed by atoms with Crippen LogP contribution in [0.4, 0.5) is 5.69 Å². The van der Waals surface area contributed by atoms with Gasteiger partial charge in [0.1, 0.15) is 0 Å². The smallest absolute Gasteiger partial charge is 0.225 e. The maximum atomic E-state index is 11.9. The Hall–Kier alpha value is -1.96. The SMILES string of the molecule is N#CCc1ccc(NC(=O)CCSc2ccc(Cl)cc2)cc1. The second-order valence-electron chi connectivity index (χ2n) is 4.63. The molecule has 2 rings (SSSR count). The lowest BCUT2D eigenvalue weighted by Crippen LogP contribution is -2.12. The number of anilines is 1. The highest BCUT2D eigenvalue weighted by Crippen LogP contribution is 2.21. The van der Waals surface area contributed by atoms with Gasteiger partial charge in [-0.1, -0.05) is 23.7 Å². The zero-order valence-corrected chi connectivity index (χ0v) is 13.5. The normalized spacial score (nSPS) is 10.0. The van der Waals surface area contributed by atoms with E-state index >= 15 is 0 Å². The summed E-state index contributed by atoms with van der Waals surface area (Å²) in [7, 11) is 0. The molecular weight excluding hydrogens is 316 g/mol. The third-order valence-corrected chi connectivity index (χ3v) is 4.20. The molecule has 0 aromatic heterocycles. The Morgan fingerprint density at radius 1 is 1.14 bits per heavy atom. The Kier molecular flexibility index (Phi) is 6.32. The van der Waals surface area contributed by atoms with Gasteiger partial charge in [-0.2, -0.15) is 5.26 Å². The van der Waals surface area contributed by atoms with Crippen molar-refractivity contribution in [3.8, 4) is 6.07 Å². The lowest BCUT2D eigenvalue weighted by Gasteiger charge is -2.06. The van der Waals surface area contributed by atoms with E-state index in [1.807, 2.05) is 48.5 Å². The van der Waals surface area contributed by atoms with Crippen LogP contribution in [-0.4, -0.2) is 11.7 Å². The lowest BCUT2D eigenvalue weighted by molar-refractivity contribution is -0.115. The van der Waals surface area contributed by atoms with Gasteiger partial charge in [0.15, 0.2) is 0 Å². The summed E-state index contributed by atoms with van der Waals surface area (Å²) in [4.78, 5) is 13.0. The molecule has 0 saturated carbocycles. The molecule has 0 spiro atoms. The topological polar surface area (TPSA) is 52.9 Å². The van der Waals surface area contributed by atoms with Crippen molar-refractivity contribution in [2.75, 3.05) is 11.1 Å². The van der Waals surface area contributed by atoms with Gasteiger partial charge in [-0.25, -0.2) is 0 Å². The van der Waals surface area contributed by atoms with Crippen LogP contribution in [0.25, 0.3) is 0 Å². The van der Waals surface area contributed by atoms with Crippen LogP contribution in [-0.2, 0) is 11.2 Å². The number of halogens is 1. The number of carbonyl (C=O) groups excluding carboxylic acids is 1. The second-order valence-corrected chi connectivity index (χ2v) is 6.24. The van der Waals surface area contributed by atoms with Crippen molar-refractivity contribution in [1.29, 1.82) is 5.26 Å². The van der Waals surface area contributed by atoms with Crippen molar-refractivity contribution in [1.82, 2.24) is 0 Å². The minimum absolute atomic E-state index is 0.0190. The first kappa shape index (κ1) is 16.4. The molecule has 0 atom stereocenters. The minimum Gasteiger partial charge on any atom is -0.326 e. The molecule has 2 aromatic rings. The maximum absolute atomic E-state index is 11.9. The molecule has 3 nitrogen and oxygen atoms in total. The van der Waals surface area contributed by atoms with E-state index in [-0.39, 0.29) is 5.91 Å². The van der Waals surface area contributed by atoms with Gasteiger partial charge in [0, 0.05) is 27.8 Å². The molecule has 5 heteroatoms. The van der Waals surface area contributed by atoms with Gasteiger partial charge < -0.3 is 5.32 Å². The third-order valence-electron chi connectivity index (χ3n) is 2.93. The summed E-state index contributed by atoms with van der Waals surface area (Å²) < 4.78 is 0. The average Bonchev–Trinajstić information content (AvgIpc) is 2.51. The molecule has 0 aliphatic carbocycles. The van der Waals surface area contributed by atoms with Crippen molar-refractivity contribution in [2.24, 2.45) is 0 Å². The van der Waals surface area contributed by atoms with Crippen LogP contribution in [0, 0.1) is 11.3 Å². The van der Waals surface area contributed by atoms with Gasteiger partial charge in [0.05, 0.1) is 12.5 Å². The summed E-state index contributed by atoms with van der Waals surface area (Å²) in [6.07, 6.45) is 0.819. The van der Waals surface area contributed by atoms with Gasteiger partial charge in [-0.3, -0.25) is 4.79 Å². The van der Waals surface area contributed by atoms with Gasteiger partial charge in [-0.15, -0.1) is 11.8 Å². The number of hydrogen-bond donors (Lipinski definition) is 1. The summed E-state index contributed by atoms with van der Waals surface area (Å²) in [6, 6.07) is 17.0. The van der Waals surface area contributed by atoms with Crippen LogP contribution in [0.2, 0.25) is 5.02 Å². The lowest BCUT2D eigenvalue weighted by atomic mass is 10.1. The molecule has 2 aromatic carbocycles. The van der Waals surface area contributed by atoms with Crippen LogP contribution >= 0.6 is 23.4 Å². The number of nitrogens with zero attached hydrogens (tertiary/aromatic N) is 1. The summed E-state index contributed by atoms with van der Waals surface area (Å²) in [6.45, 7) is 0. The maximum Gasteiger partial charge on any atom is 0.225 e. The minimum atomic E-state index is -0.0190.